The molecule has 0 radical (unpaired) electrons. The number of nitrogens with one attached hydrogen (secondary N) is 1. The van der Waals surface area contributed by atoms with Crippen molar-refractivity contribution in [3.63, 3.8) is 0 Å². The third-order valence-electron chi connectivity index (χ3n) is 8.37. The van der Waals surface area contributed by atoms with E-state index >= 15 is 0 Å². The summed E-state index contributed by atoms with van der Waals surface area (Å²) >= 11 is 0. The maximum atomic E-state index is 13.3. The van der Waals surface area contributed by atoms with E-state index in [-0.39, 0.29) is 24.3 Å². The molecule has 3 heterocycles. The number of carbonyl (C=O) groups excluding carboxylic acids is 2. The second kappa shape index (κ2) is 12.4. The Bertz CT molecular complexity index is 1640. The number of nitrogens with zero attached hydrogens (tertiary/aromatic N) is 4. The number of rotatable bonds is 8. The van der Waals surface area contributed by atoms with Crippen LogP contribution in [0, 0.1) is 5.92 Å². The standard InChI is InChI=1S/C34H37N5O4/c1-3-43-34(42)24-9-14-28-29(21-24)36-32(40)30(28)31(23-7-5-4-6-8-23)35-26-10-12-27(13-11-26)39-16-15-25(33(39)41)22-38-19-17-37(2)18-20-38/h4-14,21,25,36,40H,3,15-20,22H2,1-2H3/t25-/m0/s1. The number of hydrogen-bond acceptors (Lipinski definition) is 7. The zero-order chi connectivity index (χ0) is 29.9. The minimum atomic E-state index is -0.417. The minimum absolute atomic E-state index is 0.0278. The first-order valence-corrected chi connectivity index (χ1v) is 14.9. The number of aromatic amines is 1. The van der Waals surface area contributed by atoms with Crippen molar-refractivity contribution in [2.45, 2.75) is 13.3 Å². The van der Waals surface area contributed by atoms with Crippen molar-refractivity contribution in [2.75, 3.05) is 57.8 Å². The van der Waals surface area contributed by atoms with Crippen molar-refractivity contribution < 1.29 is 19.4 Å². The number of ether oxygens (including phenoxy) is 1. The van der Waals surface area contributed by atoms with Gasteiger partial charge in [0, 0.05) is 61.4 Å². The van der Waals surface area contributed by atoms with Gasteiger partial charge in [0.2, 0.25) is 5.91 Å². The molecule has 1 atom stereocenters. The number of piperazine rings is 1. The summed E-state index contributed by atoms with van der Waals surface area (Å²) < 4.78 is 5.14. The third-order valence-corrected chi connectivity index (χ3v) is 8.37. The highest BCUT2D eigenvalue weighted by Gasteiger charge is 2.34. The Morgan fingerprint density at radius 2 is 1.72 bits per heavy atom. The number of benzene rings is 3. The van der Waals surface area contributed by atoms with Crippen LogP contribution in [-0.2, 0) is 9.53 Å². The maximum Gasteiger partial charge on any atom is 0.338 e. The van der Waals surface area contributed by atoms with E-state index in [1.165, 1.54) is 0 Å². The number of aromatic nitrogens is 1. The highest BCUT2D eigenvalue weighted by atomic mass is 16.5. The molecule has 2 saturated heterocycles. The maximum absolute atomic E-state index is 13.3. The van der Waals surface area contributed by atoms with Gasteiger partial charge in [-0.1, -0.05) is 36.4 Å². The van der Waals surface area contributed by atoms with Crippen molar-refractivity contribution in [3.8, 4) is 5.88 Å². The van der Waals surface area contributed by atoms with Gasteiger partial charge in [-0.3, -0.25) is 4.79 Å². The number of H-pyrrole nitrogens is 1. The average molecular weight is 580 g/mol. The van der Waals surface area contributed by atoms with E-state index < -0.39 is 5.97 Å². The van der Waals surface area contributed by atoms with Gasteiger partial charge in [-0.15, -0.1) is 0 Å². The van der Waals surface area contributed by atoms with Gasteiger partial charge in [-0.2, -0.15) is 0 Å². The summed E-state index contributed by atoms with van der Waals surface area (Å²) in [7, 11) is 2.14. The fourth-order valence-electron chi connectivity index (χ4n) is 5.97. The predicted molar refractivity (Wildman–Crippen MR) is 168 cm³/mol. The topological polar surface area (TPSA) is 101 Å². The van der Waals surface area contributed by atoms with E-state index in [4.69, 9.17) is 9.73 Å². The summed E-state index contributed by atoms with van der Waals surface area (Å²) in [5.74, 6) is -0.241. The lowest BCUT2D eigenvalue weighted by Crippen LogP contribution is -2.47. The third kappa shape index (κ3) is 6.04. The Morgan fingerprint density at radius 1 is 0.977 bits per heavy atom. The lowest BCUT2D eigenvalue weighted by molar-refractivity contribution is -0.121. The molecule has 9 heteroatoms. The summed E-state index contributed by atoms with van der Waals surface area (Å²) in [5.41, 5.74) is 4.54. The Labute approximate surface area is 251 Å². The smallest absolute Gasteiger partial charge is 0.338 e. The van der Waals surface area contributed by atoms with Gasteiger partial charge in [0.05, 0.1) is 35.1 Å². The van der Waals surface area contributed by atoms with Crippen LogP contribution < -0.4 is 4.90 Å². The van der Waals surface area contributed by atoms with Crippen LogP contribution in [0.5, 0.6) is 5.88 Å². The fraction of sp³-hybridized carbons (Fsp3) is 0.324. The molecule has 2 N–H and O–H groups in total. The second-order valence-electron chi connectivity index (χ2n) is 11.3. The summed E-state index contributed by atoms with van der Waals surface area (Å²) in [4.78, 5) is 40.2. The lowest BCUT2D eigenvalue weighted by atomic mass is 10.00. The van der Waals surface area contributed by atoms with Gasteiger partial charge < -0.3 is 29.5 Å². The first-order valence-electron chi connectivity index (χ1n) is 14.9. The van der Waals surface area contributed by atoms with Crippen molar-refractivity contribution in [1.82, 2.24) is 14.8 Å². The second-order valence-corrected chi connectivity index (χ2v) is 11.3. The molecule has 2 fully saturated rings. The summed E-state index contributed by atoms with van der Waals surface area (Å²) in [6.07, 6.45) is 0.862. The molecule has 3 aromatic carbocycles. The predicted octanol–water partition coefficient (Wildman–Crippen LogP) is 4.82. The van der Waals surface area contributed by atoms with Crippen LogP contribution in [-0.4, -0.2) is 90.4 Å². The zero-order valence-corrected chi connectivity index (χ0v) is 24.6. The summed E-state index contributed by atoms with van der Waals surface area (Å²) in [5, 5.41) is 11.8. The van der Waals surface area contributed by atoms with Crippen LogP contribution in [0.3, 0.4) is 0 Å². The van der Waals surface area contributed by atoms with Crippen molar-refractivity contribution >= 4 is 39.9 Å². The SMILES string of the molecule is CCOC(=O)c1ccc2c(C(=Nc3ccc(N4CC[C@@H](CN5CCN(C)CC5)C4=O)cc3)c3ccccc3)c(O)[nH]c2c1. The molecule has 222 valence electrons. The van der Waals surface area contributed by atoms with Gasteiger partial charge >= 0.3 is 5.97 Å². The molecule has 0 aliphatic carbocycles. The van der Waals surface area contributed by atoms with Crippen molar-refractivity contribution in [3.05, 3.63) is 89.5 Å². The first-order chi connectivity index (χ1) is 20.9. The average Bonchev–Trinajstić information content (AvgIpc) is 3.55. The first kappa shape index (κ1) is 28.6. The monoisotopic (exact) mass is 579 g/mol. The number of anilines is 1. The number of fused-ring (bicyclic) bond motifs is 1. The molecule has 43 heavy (non-hydrogen) atoms. The Kier molecular flexibility index (Phi) is 8.26. The molecular formula is C34H37N5O4. The molecule has 2 aliphatic heterocycles. The molecule has 1 amide bonds. The summed E-state index contributed by atoms with van der Waals surface area (Å²) in [6, 6.07) is 22.5. The van der Waals surface area contributed by atoms with E-state index in [0.29, 0.717) is 34.6 Å². The molecule has 9 nitrogen and oxygen atoms in total. The van der Waals surface area contributed by atoms with Gasteiger partial charge in [0.25, 0.3) is 0 Å². The number of esters is 1. The van der Waals surface area contributed by atoms with Crippen LogP contribution in [0.2, 0.25) is 0 Å². The van der Waals surface area contributed by atoms with E-state index in [9.17, 15) is 14.7 Å². The van der Waals surface area contributed by atoms with E-state index in [2.05, 4.69) is 21.8 Å². The molecule has 0 spiro atoms. The Hall–Kier alpha value is -4.47. The van der Waals surface area contributed by atoms with Gasteiger partial charge in [0.15, 0.2) is 5.88 Å². The van der Waals surface area contributed by atoms with E-state index in [1.807, 2.05) is 59.5 Å². The Morgan fingerprint density at radius 3 is 2.44 bits per heavy atom. The van der Waals surface area contributed by atoms with E-state index in [0.717, 1.165) is 55.8 Å². The number of carbonyl (C=O) groups is 2. The van der Waals surface area contributed by atoms with Gasteiger partial charge in [-0.05, 0) is 56.8 Å². The molecule has 4 aromatic rings. The normalized spacial score (nSPS) is 18.5. The quantitative estimate of drug-likeness (QED) is 0.229. The van der Waals surface area contributed by atoms with Crippen LogP contribution in [0.1, 0.15) is 34.8 Å². The Balaban J connectivity index is 1.27. The van der Waals surface area contributed by atoms with Gasteiger partial charge in [-0.25, -0.2) is 9.79 Å². The van der Waals surface area contributed by atoms with Crippen LogP contribution in [0.25, 0.3) is 10.9 Å². The number of aliphatic imine (C=N–C) groups is 1. The number of hydrogen-bond donors (Lipinski definition) is 2. The number of aromatic hydroxyl groups is 1. The number of amides is 1. The molecule has 0 saturated carbocycles. The lowest BCUT2D eigenvalue weighted by Gasteiger charge is -2.33. The molecule has 6 rings (SSSR count). The number of likely N-dealkylation sites (N-methyl/N-ethyl adjacent to an activating group) is 1. The van der Waals surface area contributed by atoms with Crippen LogP contribution in [0.4, 0.5) is 11.4 Å². The highest BCUT2D eigenvalue weighted by Crippen LogP contribution is 2.33. The highest BCUT2D eigenvalue weighted by molar-refractivity contribution is 6.22. The summed E-state index contributed by atoms with van der Waals surface area (Å²) in [6.45, 7) is 7.69. The van der Waals surface area contributed by atoms with Crippen LogP contribution >= 0.6 is 0 Å². The zero-order valence-electron chi connectivity index (χ0n) is 24.6. The minimum Gasteiger partial charge on any atom is -0.494 e. The molecule has 0 unspecified atom stereocenters. The van der Waals surface area contributed by atoms with Crippen molar-refractivity contribution in [1.29, 1.82) is 0 Å². The largest absolute Gasteiger partial charge is 0.494 e. The van der Waals surface area contributed by atoms with Crippen molar-refractivity contribution in [2.24, 2.45) is 10.9 Å². The molecular weight excluding hydrogens is 542 g/mol. The van der Waals surface area contributed by atoms with Gasteiger partial charge in [0.1, 0.15) is 0 Å². The van der Waals surface area contributed by atoms with Crippen LogP contribution in [0.15, 0.2) is 77.8 Å². The molecule has 0 bridgehead atoms. The molecule has 2 aliphatic rings. The fourth-order valence-corrected chi connectivity index (χ4v) is 5.97. The van der Waals surface area contributed by atoms with E-state index in [1.54, 1.807) is 25.1 Å². The molecule has 1 aromatic heterocycles.